The maximum absolute atomic E-state index is 2.33. The molecular formula is C52H37N. The fourth-order valence-electron chi connectivity index (χ4n) is 7.29. The molecule has 1 heteroatoms. The smallest absolute Gasteiger partial charge is 0.0462 e. The van der Waals surface area contributed by atoms with Crippen LogP contribution in [0.25, 0.3) is 66.4 Å². The number of benzene rings is 9. The molecule has 0 aliphatic heterocycles. The highest BCUT2D eigenvalue weighted by atomic mass is 15.1. The van der Waals surface area contributed by atoms with Crippen LogP contribution < -0.4 is 4.90 Å². The van der Waals surface area contributed by atoms with E-state index in [0.29, 0.717) is 0 Å². The van der Waals surface area contributed by atoms with Gasteiger partial charge in [-0.05, 0) is 109 Å². The minimum atomic E-state index is 1.11. The summed E-state index contributed by atoms with van der Waals surface area (Å²) in [7, 11) is 0. The standard InChI is InChI=1S/C52H37N/c1-4-11-38(12-5-1)42-25-31-48(32-26-42)53(49-33-27-43(28-34-49)39-13-6-2-7-14-39)50-35-29-44(30-36-50)41-19-21-46(22-20-41)51-18-10-17-45-23-24-47(37-52(45)51)40-15-8-3-9-16-40/h1-37H. The lowest BCUT2D eigenvalue weighted by Gasteiger charge is -2.26. The lowest BCUT2D eigenvalue weighted by molar-refractivity contribution is 1.28. The van der Waals surface area contributed by atoms with Crippen LogP contribution in [0.4, 0.5) is 17.1 Å². The summed E-state index contributed by atoms with van der Waals surface area (Å²) in [6, 6.07) is 80.7. The minimum absolute atomic E-state index is 1.11. The van der Waals surface area contributed by atoms with Gasteiger partial charge in [0.1, 0.15) is 0 Å². The molecule has 9 rings (SSSR count). The highest BCUT2D eigenvalue weighted by molar-refractivity contribution is 5.99. The minimum Gasteiger partial charge on any atom is -0.311 e. The molecule has 0 saturated heterocycles. The number of fused-ring (bicyclic) bond motifs is 1. The van der Waals surface area contributed by atoms with Crippen LogP contribution in [0.2, 0.25) is 0 Å². The summed E-state index contributed by atoms with van der Waals surface area (Å²) in [5.41, 5.74) is 15.5. The van der Waals surface area contributed by atoms with Gasteiger partial charge >= 0.3 is 0 Å². The van der Waals surface area contributed by atoms with E-state index >= 15 is 0 Å². The van der Waals surface area contributed by atoms with Crippen molar-refractivity contribution in [1.29, 1.82) is 0 Å². The second kappa shape index (κ2) is 14.3. The zero-order valence-corrected chi connectivity index (χ0v) is 29.3. The summed E-state index contributed by atoms with van der Waals surface area (Å²) in [5, 5.41) is 2.51. The second-order valence-electron chi connectivity index (χ2n) is 13.4. The third-order valence-electron chi connectivity index (χ3n) is 10.1. The molecule has 0 aliphatic rings. The normalized spacial score (nSPS) is 11.0. The average molecular weight is 676 g/mol. The van der Waals surface area contributed by atoms with Crippen LogP contribution in [0.1, 0.15) is 0 Å². The van der Waals surface area contributed by atoms with Crippen molar-refractivity contribution >= 4 is 27.8 Å². The molecule has 0 bridgehead atoms. The van der Waals surface area contributed by atoms with Crippen molar-refractivity contribution in [2.45, 2.75) is 0 Å². The molecule has 0 aliphatic carbocycles. The third kappa shape index (κ3) is 6.65. The van der Waals surface area contributed by atoms with Gasteiger partial charge in [-0.2, -0.15) is 0 Å². The van der Waals surface area contributed by atoms with Crippen LogP contribution in [0.15, 0.2) is 224 Å². The first-order chi connectivity index (χ1) is 26.3. The van der Waals surface area contributed by atoms with E-state index in [1.807, 2.05) is 0 Å². The quantitative estimate of drug-likeness (QED) is 0.155. The van der Waals surface area contributed by atoms with Crippen molar-refractivity contribution in [2.24, 2.45) is 0 Å². The molecule has 0 amide bonds. The predicted molar refractivity (Wildman–Crippen MR) is 226 cm³/mol. The average Bonchev–Trinajstić information content (AvgIpc) is 3.25. The molecule has 0 radical (unpaired) electrons. The molecule has 250 valence electrons. The summed E-state index contributed by atoms with van der Waals surface area (Å²) >= 11 is 0. The molecule has 0 atom stereocenters. The van der Waals surface area contributed by atoms with E-state index in [-0.39, 0.29) is 0 Å². The van der Waals surface area contributed by atoms with Gasteiger partial charge in [-0.15, -0.1) is 0 Å². The Morgan fingerprint density at radius 2 is 0.566 bits per heavy atom. The van der Waals surface area contributed by atoms with Gasteiger partial charge in [0.25, 0.3) is 0 Å². The van der Waals surface area contributed by atoms with Gasteiger partial charge in [0.2, 0.25) is 0 Å². The highest BCUT2D eigenvalue weighted by Gasteiger charge is 2.14. The maximum atomic E-state index is 2.33. The molecule has 0 N–H and O–H groups in total. The SMILES string of the molecule is c1ccc(-c2ccc(N(c3ccc(-c4ccccc4)cc3)c3ccc(-c4ccc(-c5cccc6ccc(-c7ccccc7)cc56)cc4)cc3)cc2)cc1. The molecule has 0 heterocycles. The Labute approximate surface area is 311 Å². The molecule has 9 aromatic carbocycles. The molecule has 0 aromatic heterocycles. The summed E-state index contributed by atoms with van der Waals surface area (Å²) in [6.07, 6.45) is 0. The number of hydrogen-bond acceptors (Lipinski definition) is 1. The zero-order chi connectivity index (χ0) is 35.4. The number of hydrogen-bond donors (Lipinski definition) is 0. The van der Waals surface area contributed by atoms with E-state index in [4.69, 9.17) is 0 Å². The van der Waals surface area contributed by atoms with Crippen molar-refractivity contribution in [3.8, 4) is 55.6 Å². The summed E-state index contributed by atoms with van der Waals surface area (Å²) < 4.78 is 0. The molecule has 1 nitrogen and oxygen atoms in total. The van der Waals surface area contributed by atoms with Gasteiger partial charge in [0.05, 0.1) is 0 Å². The van der Waals surface area contributed by atoms with Gasteiger partial charge < -0.3 is 4.90 Å². The van der Waals surface area contributed by atoms with Crippen LogP contribution in [-0.2, 0) is 0 Å². The van der Waals surface area contributed by atoms with Gasteiger partial charge in [-0.1, -0.05) is 182 Å². The van der Waals surface area contributed by atoms with Crippen LogP contribution >= 0.6 is 0 Å². The fraction of sp³-hybridized carbons (Fsp3) is 0. The Hall–Kier alpha value is -6.96. The van der Waals surface area contributed by atoms with Gasteiger partial charge in [-0.3, -0.25) is 0 Å². The molecule has 0 unspecified atom stereocenters. The molecule has 0 fully saturated rings. The summed E-state index contributed by atoms with van der Waals surface area (Å²) in [6.45, 7) is 0. The first-order valence-corrected chi connectivity index (χ1v) is 18.2. The van der Waals surface area contributed by atoms with Gasteiger partial charge in [0.15, 0.2) is 0 Å². The largest absolute Gasteiger partial charge is 0.311 e. The molecular weight excluding hydrogens is 639 g/mol. The maximum Gasteiger partial charge on any atom is 0.0462 e. The van der Waals surface area contributed by atoms with Gasteiger partial charge in [0, 0.05) is 17.1 Å². The van der Waals surface area contributed by atoms with Crippen LogP contribution in [0, 0.1) is 0 Å². The van der Waals surface area contributed by atoms with E-state index < -0.39 is 0 Å². The second-order valence-corrected chi connectivity index (χ2v) is 13.4. The van der Waals surface area contributed by atoms with Crippen molar-refractivity contribution in [3.05, 3.63) is 224 Å². The third-order valence-corrected chi connectivity index (χ3v) is 10.1. The Morgan fingerprint density at radius 3 is 1.00 bits per heavy atom. The first-order valence-electron chi connectivity index (χ1n) is 18.2. The number of nitrogens with zero attached hydrogens (tertiary/aromatic N) is 1. The van der Waals surface area contributed by atoms with E-state index in [1.54, 1.807) is 0 Å². The van der Waals surface area contributed by atoms with Crippen molar-refractivity contribution in [3.63, 3.8) is 0 Å². The van der Waals surface area contributed by atoms with E-state index in [0.717, 1.165) is 17.1 Å². The first kappa shape index (κ1) is 32.0. The summed E-state index contributed by atoms with van der Waals surface area (Å²) in [5.74, 6) is 0. The Morgan fingerprint density at radius 1 is 0.226 bits per heavy atom. The van der Waals surface area contributed by atoms with Crippen LogP contribution in [-0.4, -0.2) is 0 Å². The lowest BCUT2D eigenvalue weighted by atomic mass is 9.94. The van der Waals surface area contributed by atoms with E-state index in [2.05, 4.69) is 229 Å². The van der Waals surface area contributed by atoms with E-state index in [9.17, 15) is 0 Å². The molecule has 0 spiro atoms. The fourth-order valence-corrected chi connectivity index (χ4v) is 7.29. The summed E-state index contributed by atoms with van der Waals surface area (Å²) in [4.78, 5) is 2.33. The van der Waals surface area contributed by atoms with E-state index in [1.165, 1.54) is 66.4 Å². The van der Waals surface area contributed by atoms with Crippen molar-refractivity contribution in [1.82, 2.24) is 0 Å². The van der Waals surface area contributed by atoms with Crippen LogP contribution in [0.5, 0.6) is 0 Å². The monoisotopic (exact) mass is 675 g/mol. The number of anilines is 3. The molecule has 9 aromatic rings. The van der Waals surface area contributed by atoms with Crippen LogP contribution in [0.3, 0.4) is 0 Å². The Bertz CT molecular complexity index is 2510. The topological polar surface area (TPSA) is 3.24 Å². The molecule has 53 heavy (non-hydrogen) atoms. The number of rotatable bonds is 8. The molecule has 0 saturated carbocycles. The Balaban J connectivity index is 1.03. The van der Waals surface area contributed by atoms with Gasteiger partial charge in [-0.25, -0.2) is 0 Å². The van der Waals surface area contributed by atoms with Crippen molar-refractivity contribution < 1.29 is 0 Å². The highest BCUT2D eigenvalue weighted by Crippen LogP contribution is 2.38. The predicted octanol–water partition coefficient (Wildman–Crippen LogP) is 14.6. The zero-order valence-electron chi connectivity index (χ0n) is 29.3. The van der Waals surface area contributed by atoms with Crippen molar-refractivity contribution in [2.75, 3.05) is 4.90 Å². The Kier molecular flexibility index (Phi) is 8.66. The lowest BCUT2D eigenvalue weighted by Crippen LogP contribution is -2.09.